The van der Waals surface area contributed by atoms with Crippen molar-refractivity contribution in [3.05, 3.63) is 11.5 Å². The first kappa shape index (κ1) is 8.10. The first-order valence-electron chi connectivity index (χ1n) is 4.29. The average molecular weight is 181 g/mol. The Morgan fingerprint density at radius 1 is 1.46 bits per heavy atom. The Bertz CT molecular complexity index is 332. The smallest absolute Gasteiger partial charge is 0.239 e. The zero-order valence-corrected chi connectivity index (χ0v) is 7.39. The predicted octanol–water partition coefficient (Wildman–Crippen LogP) is 0.279. The highest BCUT2D eigenvalue weighted by atomic mass is 16.5. The van der Waals surface area contributed by atoms with Crippen LogP contribution in [0.1, 0.15) is 18.4 Å². The summed E-state index contributed by atoms with van der Waals surface area (Å²) >= 11 is 0. The van der Waals surface area contributed by atoms with E-state index in [2.05, 4.69) is 15.8 Å². The van der Waals surface area contributed by atoms with E-state index in [0.717, 1.165) is 23.6 Å². The summed E-state index contributed by atoms with van der Waals surface area (Å²) in [5, 5.41) is 9.59. The van der Waals surface area contributed by atoms with Crippen molar-refractivity contribution in [2.24, 2.45) is 0 Å². The van der Waals surface area contributed by atoms with Crippen molar-refractivity contribution < 1.29 is 9.32 Å². The largest absolute Gasteiger partial charge is 0.372 e. The fourth-order valence-corrected chi connectivity index (χ4v) is 1.34. The Balaban J connectivity index is 2.31. The van der Waals surface area contributed by atoms with E-state index in [1.54, 1.807) is 0 Å². The summed E-state index contributed by atoms with van der Waals surface area (Å²) in [4.78, 5) is 11.0. The van der Waals surface area contributed by atoms with E-state index in [1.807, 2.05) is 6.92 Å². The van der Waals surface area contributed by atoms with Crippen molar-refractivity contribution in [1.82, 2.24) is 10.5 Å². The standard InChI is InChI=1S/C8H11N3O2/c1-2-6-8-5(11-13-6)3-9-7(12)4-10-8/h10H,2-4H2,1H3,(H,9,12). The van der Waals surface area contributed by atoms with E-state index >= 15 is 0 Å². The van der Waals surface area contributed by atoms with Gasteiger partial charge in [0.1, 0.15) is 11.4 Å². The van der Waals surface area contributed by atoms with Gasteiger partial charge in [-0.1, -0.05) is 12.1 Å². The molecule has 1 amide bonds. The third-order valence-electron chi connectivity index (χ3n) is 2.03. The summed E-state index contributed by atoms with van der Waals surface area (Å²) in [6.07, 6.45) is 0.781. The number of nitrogens with one attached hydrogen (secondary N) is 2. The number of fused-ring (bicyclic) bond motifs is 1. The molecule has 1 aromatic rings. The van der Waals surface area contributed by atoms with E-state index in [9.17, 15) is 4.79 Å². The second-order valence-electron chi connectivity index (χ2n) is 2.91. The van der Waals surface area contributed by atoms with Crippen LogP contribution in [0.2, 0.25) is 0 Å². The van der Waals surface area contributed by atoms with Crippen LogP contribution < -0.4 is 10.6 Å². The van der Waals surface area contributed by atoms with Crippen LogP contribution in [-0.2, 0) is 17.8 Å². The van der Waals surface area contributed by atoms with Crippen LogP contribution in [-0.4, -0.2) is 17.6 Å². The van der Waals surface area contributed by atoms with E-state index in [0.29, 0.717) is 13.1 Å². The van der Waals surface area contributed by atoms with Crippen LogP contribution in [0.4, 0.5) is 5.69 Å². The minimum Gasteiger partial charge on any atom is -0.372 e. The first-order chi connectivity index (χ1) is 6.31. The van der Waals surface area contributed by atoms with E-state index in [1.165, 1.54) is 0 Å². The Kier molecular flexibility index (Phi) is 1.92. The number of nitrogens with zero attached hydrogens (tertiary/aromatic N) is 1. The van der Waals surface area contributed by atoms with Crippen LogP contribution in [0.3, 0.4) is 0 Å². The van der Waals surface area contributed by atoms with E-state index in [4.69, 9.17) is 4.52 Å². The summed E-state index contributed by atoms with van der Waals surface area (Å²) in [7, 11) is 0. The third kappa shape index (κ3) is 1.37. The lowest BCUT2D eigenvalue weighted by Gasteiger charge is -1.99. The molecule has 0 aromatic carbocycles. The SMILES string of the molecule is CCc1onc2c1NCC(=O)NC2. The molecule has 2 rings (SSSR count). The van der Waals surface area contributed by atoms with Gasteiger partial charge in [0.15, 0.2) is 5.76 Å². The molecule has 0 saturated carbocycles. The number of hydrogen-bond donors (Lipinski definition) is 2. The maximum Gasteiger partial charge on any atom is 0.239 e. The van der Waals surface area contributed by atoms with Crippen molar-refractivity contribution in [2.75, 3.05) is 11.9 Å². The van der Waals surface area contributed by atoms with Crippen LogP contribution >= 0.6 is 0 Å². The molecular formula is C8H11N3O2. The van der Waals surface area contributed by atoms with Gasteiger partial charge >= 0.3 is 0 Å². The van der Waals surface area contributed by atoms with Crippen LogP contribution in [0, 0.1) is 0 Å². The van der Waals surface area contributed by atoms with Crippen molar-refractivity contribution >= 4 is 11.6 Å². The van der Waals surface area contributed by atoms with E-state index < -0.39 is 0 Å². The first-order valence-corrected chi connectivity index (χ1v) is 4.29. The number of anilines is 1. The molecule has 0 unspecified atom stereocenters. The van der Waals surface area contributed by atoms with Gasteiger partial charge in [0.25, 0.3) is 0 Å². The van der Waals surface area contributed by atoms with Crippen molar-refractivity contribution in [1.29, 1.82) is 0 Å². The highest BCUT2D eigenvalue weighted by Gasteiger charge is 2.18. The Morgan fingerprint density at radius 3 is 3.08 bits per heavy atom. The van der Waals surface area contributed by atoms with Crippen molar-refractivity contribution in [2.45, 2.75) is 19.9 Å². The molecule has 5 nitrogen and oxygen atoms in total. The minimum absolute atomic E-state index is 0.0138. The normalized spacial score (nSPS) is 15.6. The van der Waals surface area contributed by atoms with Gasteiger partial charge in [-0.2, -0.15) is 0 Å². The number of hydrogen-bond acceptors (Lipinski definition) is 4. The second-order valence-corrected chi connectivity index (χ2v) is 2.91. The molecule has 0 fully saturated rings. The number of amides is 1. The molecular weight excluding hydrogens is 170 g/mol. The molecule has 0 aliphatic carbocycles. The fourth-order valence-electron chi connectivity index (χ4n) is 1.34. The van der Waals surface area contributed by atoms with Gasteiger partial charge in [-0.25, -0.2) is 0 Å². The Hall–Kier alpha value is -1.52. The Labute approximate surface area is 75.5 Å². The van der Waals surface area contributed by atoms with Crippen LogP contribution in [0.15, 0.2) is 4.52 Å². The second kappa shape index (κ2) is 3.08. The average Bonchev–Trinajstić information content (AvgIpc) is 2.45. The summed E-state index contributed by atoms with van der Waals surface area (Å²) in [6, 6.07) is 0. The molecule has 13 heavy (non-hydrogen) atoms. The van der Waals surface area contributed by atoms with E-state index in [-0.39, 0.29) is 5.91 Å². The molecule has 0 spiro atoms. The molecule has 1 aliphatic heterocycles. The van der Waals surface area contributed by atoms with Gasteiger partial charge in [0.05, 0.1) is 13.1 Å². The monoisotopic (exact) mass is 181 g/mol. The molecule has 0 bridgehead atoms. The molecule has 2 heterocycles. The summed E-state index contributed by atoms with van der Waals surface area (Å²) < 4.78 is 5.09. The number of carbonyl (C=O) groups excluding carboxylic acids is 1. The van der Waals surface area contributed by atoms with Gasteiger partial charge in [0.2, 0.25) is 5.91 Å². The predicted molar refractivity (Wildman–Crippen MR) is 46.2 cm³/mol. The van der Waals surface area contributed by atoms with Crippen molar-refractivity contribution in [3.63, 3.8) is 0 Å². The van der Waals surface area contributed by atoms with Gasteiger partial charge in [-0.15, -0.1) is 0 Å². The van der Waals surface area contributed by atoms with Gasteiger partial charge in [-0.05, 0) is 0 Å². The lowest BCUT2D eigenvalue weighted by atomic mass is 10.2. The Morgan fingerprint density at radius 2 is 2.31 bits per heavy atom. The lowest BCUT2D eigenvalue weighted by Crippen LogP contribution is -2.26. The van der Waals surface area contributed by atoms with Crippen LogP contribution in [0.25, 0.3) is 0 Å². The lowest BCUT2D eigenvalue weighted by molar-refractivity contribution is -0.119. The zero-order chi connectivity index (χ0) is 9.26. The number of carbonyl (C=O) groups is 1. The highest BCUT2D eigenvalue weighted by molar-refractivity contribution is 5.82. The molecule has 2 N–H and O–H groups in total. The molecule has 1 aliphatic rings. The number of aryl methyl sites for hydroxylation is 1. The maximum absolute atomic E-state index is 11.0. The van der Waals surface area contributed by atoms with Gasteiger partial charge in [0, 0.05) is 6.42 Å². The zero-order valence-electron chi connectivity index (χ0n) is 7.39. The molecule has 70 valence electrons. The maximum atomic E-state index is 11.0. The van der Waals surface area contributed by atoms with Crippen LogP contribution in [0.5, 0.6) is 0 Å². The molecule has 0 saturated heterocycles. The molecule has 5 heteroatoms. The summed E-state index contributed by atoms with van der Waals surface area (Å²) in [5.41, 5.74) is 1.66. The quantitative estimate of drug-likeness (QED) is 0.653. The highest BCUT2D eigenvalue weighted by Crippen LogP contribution is 2.22. The number of aromatic nitrogens is 1. The topological polar surface area (TPSA) is 67.2 Å². The molecule has 0 atom stereocenters. The van der Waals surface area contributed by atoms with Crippen molar-refractivity contribution in [3.8, 4) is 0 Å². The third-order valence-corrected chi connectivity index (χ3v) is 2.03. The minimum atomic E-state index is -0.0138. The molecule has 1 aromatic heterocycles. The summed E-state index contributed by atoms with van der Waals surface area (Å²) in [5.74, 6) is 0.798. The molecule has 0 radical (unpaired) electrons. The van der Waals surface area contributed by atoms with Gasteiger partial charge < -0.3 is 15.2 Å². The fraction of sp³-hybridized carbons (Fsp3) is 0.500. The number of rotatable bonds is 1. The summed E-state index contributed by atoms with van der Waals surface area (Å²) in [6.45, 7) is 2.73. The van der Waals surface area contributed by atoms with Gasteiger partial charge in [-0.3, -0.25) is 4.79 Å².